The van der Waals surface area contributed by atoms with Gasteiger partial charge >= 0.3 is 0 Å². The average molecular weight is 236 g/mol. The second-order valence-electron chi connectivity index (χ2n) is 3.96. The van der Waals surface area contributed by atoms with Crippen molar-refractivity contribution in [2.45, 2.75) is 32.2 Å². The fraction of sp³-hybridized carbons (Fsp3) is 0.500. The molecule has 2 heterocycles. The Bertz CT molecular complexity index is 515. The van der Waals surface area contributed by atoms with Gasteiger partial charge < -0.3 is 10.3 Å². The van der Waals surface area contributed by atoms with Gasteiger partial charge in [-0.1, -0.05) is 5.16 Å². The molecule has 0 amide bonds. The molecule has 16 heavy (non-hydrogen) atoms. The molecule has 3 rings (SSSR count). The maximum absolute atomic E-state index is 5.55. The van der Waals surface area contributed by atoms with Crippen molar-refractivity contribution in [3.8, 4) is 10.8 Å². The number of thiazole rings is 1. The zero-order valence-corrected chi connectivity index (χ0v) is 9.75. The Morgan fingerprint density at radius 3 is 2.88 bits per heavy atom. The lowest BCUT2D eigenvalue weighted by Gasteiger charge is -1.86. The molecule has 0 bridgehead atoms. The van der Waals surface area contributed by atoms with E-state index in [-0.39, 0.29) is 0 Å². The maximum atomic E-state index is 5.55. The van der Waals surface area contributed by atoms with E-state index in [2.05, 4.69) is 15.1 Å². The van der Waals surface area contributed by atoms with Crippen molar-refractivity contribution in [2.24, 2.45) is 5.73 Å². The number of hydrogen-bond acceptors (Lipinski definition) is 6. The van der Waals surface area contributed by atoms with Gasteiger partial charge in [0.15, 0.2) is 5.82 Å². The van der Waals surface area contributed by atoms with Crippen LogP contribution in [-0.2, 0) is 6.54 Å². The summed E-state index contributed by atoms with van der Waals surface area (Å²) in [5.41, 5.74) is 6.47. The van der Waals surface area contributed by atoms with E-state index in [9.17, 15) is 0 Å². The molecule has 84 valence electrons. The van der Waals surface area contributed by atoms with Gasteiger partial charge in [0.05, 0.1) is 5.69 Å². The van der Waals surface area contributed by atoms with E-state index in [1.807, 2.05) is 6.92 Å². The number of aromatic nitrogens is 3. The lowest BCUT2D eigenvalue weighted by Crippen LogP contribution is -1.94. The van der Waals surface area contributed by atoms with Crippen molar-refractivity contribution in [1.82, 2.24) is 15.1 Å². The number of hydrogen-bond donors (Lipinski definition) is 1. The fourth-order valence-electron chi connectivity index (χ4n) is 1.57. The third-order valence-corrected chi connectivity index (χ3v) is 3.76. The normalized spacial score (nSPS) is 15.6. The number of aryl methyl sites for hydroxylation is 1. The van der Waals surface area contributed by atoms with E-state index >= 15 is 0 Å². The van der Waals surface area contributed by atoms with E-state index in [1.165, 1.54) is 24.2 Å². The molecule has 0 radical (unpaired) electrons. The van der Waals surface area contributed by atoms with Gasteiger partial charge in [-0.05, 0) is 19.8 Å². The Kier molecular flexibility index (Phi) is 2.26. The molecule has 1 saturated carbocycles. The predicted molar refractivity (Wildman–Crippen MR) is 60.0 cm³/mol. The monoisotopic (exact) mass is 236 g/mol. The largest absolute Gasteiger partial charge is 0.333 e. The van der Waals surface area contributed by atoms with Gasteiger partial charge in [-0.15, -0.1) is 11.3 Å². The summed E-state index contributed by atoms with van der Waals surface area (Å²) in [6.07, 6.45) is 2.35. The topological polar surface area (TPSA) is 77.8 Å². The maximum Gasteiger partial charge on any atom is 0.269 e. The van der Waals surface area contributed by atoms with Crippen molar-refractivity contribution in [3.63, 3.8) is 0 Å². The summed E-state index contributed by atoms with van der Waals surface area (Å²) in [7, 11) is 0. The molecule has 0 aromatic carbocycles. The second kappa shape index (κ2) is 3.64. The lowest BCUT2D eigenvalue weighted by molar-refractivity contribution is 0.423. The quantitative estimate of drug-likeness (QED) is 0.879. The molecule has 1 fully saturated rings. The second-order valence-corrected chi connectivity index (χ2v) is 5.04. The van der Waals surface area contributed by atoms with Gasteiger partial charge in [-0.25, -0.2) is 4.98 Å². The summed E-state index contributed by atoms with van der Waals surface area (Å²) in [4.78, 5) is 9.69. The zero-order chi connectivity index (χ0) is 11.1. The highest BCUT2D eigenvalue weighted by Gasteiger charge is 2.29. The lowest BCUT2D eigenvalue weighted by atomic mass is 10.4. The van der Waals surface area contributed by atoms with E-state index in [0.717, 1.165) is 21.4 Å². The summed E-state index contributed by atoms with van der Waals surface area (Å²) >= 11 is 1.53. The fourth-order valence-corrected chi connectivity index (χ4v) is 2.44. The first-order chi connectivity index (χ1) is 7.78. The minimum Gasteiger partial charge on any atom is -0.333 e. The number of rotatable bonds is 3. The molecule has 0 saturated heterocycles. The highest BCUT2D eigenvalue weighted by Crippen LogP contribution is 2.39. The minimum atomic E-state index is 0.453. The van der Waals surface area contributed by atoms with Gasteiger partial charge in [-0.3, -0.25) is 0 Å². The third kappa shape index (κ3) is 1.64. The van der Waals surface area contributed by atoms with Crippen molar-refractivity contribution in [1.29, 1.82) is 0 Å². The first-order valence-electron chi connectivity index (χ1n) is 5.28. The third-order valence-electron chi connectivity index (χ3n) is 2.59. The molecule has 0 unspecified atom stereocenters. The molecule has 5 nitrogen and oxygen atoms in total. The van der Waals surface area contributed by atoms with E-state index in [4.69, 9.17) is 10.3 Å². The van der Waals surface area contributed by atoms with E-state index < -0.39 is 0 Å². The van der Waals surface area contributed by atoms with Gasteiger partial charge in [0.1, 0.15) is 9.88 Å². The van der Waals surface area contributed by atoms with Crippen LogP contribution >= 0.6 is 11.3 Å². The molecule has 0 aliphatic heterocycles. The highest BCUT2D eigenvalue weighted by molar-refractivity contribution is 7.15. The Labute approximate surface area is 96.7 Å². The molecule has 1 aliphatic rings. The SMILES string of the molecule is Cc1nc(CN)sc1-c1nc(C2CC2)no1. The first-order valence-corrected chi connectivity index (χ1v) is 6.10. The van der Waals surface area contributed by atoms with Crippen molar-refractivity contribution < 1.29 is 4.52 Å². The standard InChI is InChI=1S/C10H12N4OS/c1-5-8(16-7(4-11)12-5)10-13-9(14-15-10)6-2-3-6/h6H,2-4,11H2,1H3. The van der Waals surface area contributed by atoms with Gasteiger partial charge in [0.25, 0.3) is 5.89 Å². The molecular formula is C10H12N4OS. The van der Waals surface area contributed by atoms with Crippen LogP contribution in [0.2, 0.25) is 0 Å². The summed E-state index contributed by atoms with van der Waals surface area (Å²) in [5, 5.41) is 4.89. The highest BCUT2D eigenvalue weighted by atomic mass is 32.1. The average Bonchev–Trinajstić information content (AvgIpc) is 2.89. The summed E-state index contributed by atoms with van der Waals surface area (Å²) in [5.74, 6) is 1.92. The molecule has 6 heteroatoms. The van der Waals surface area contributed by atoms with E-state index in [0.29, 0.717) is 18.4 Å². The van der Waals surface area contributed by atoms with Crippen LogP contribution in [0, 0.1) is 6.92 Å². The Balaban J connectivity index is 1.96. The van der Waals surface area contributed by atoms with Crippen molar-refractivity contribution >= 4 is 11.3 Å². The van der Waals surface area contributed by atoms with Crippen LogP contribution in [-0.4, -0.2) is 15.1 Å². The van der Waals surface area contributed by atoms with Crippen LogP contribution in [0.3, 0.4) is 0 Å². The van der Waals surface area contributed by atoms with Crippen LogP contribution in [0.25, 0.3) is 10.8 Å². The van der Waals surface area contributed by atoms with Crippen LogP contribution in [0.5, 0.6) is 0 Å². The Hall–Kier alpha value is -1.27. The number of nitrogens with two attached hydrogens (primary N) is 1. The smallest absolute Gasteiger partial charge is 0.269 e. The predicted octanol–water partition coefficient (Wildman–Crippen LogP) is 1.84. The van der Waals surface area contributed by atoms with Crippen LogP contribution in [0.1, 0.15) is 35.3 Å². The Morgan fingerprint density at radius 1 is 1.44 bits per heavy atom. The van der Waals surface area contributed by atoms with E-state index in [1.54, 1.807) is 0 Å². The van der Waals surface area contributed by atoms with Crippen LogP contribution in [0.15, 0.2) is 4.52 Å². The van der Waals surface area contributed by atoms with Gasteiger partial charge in [-0.2, -0.15) is 4.98 Å². The Morgan fingerprint density at radius 2 is 2.25 bits per heavy atom. The zero-order valence-electron chi connectivity index (χ0n) is 8.93. The molecule has 0 atom stereocenters. The number of nitrogens with zero attached hydrogens (tertiary/aromatic N) is 3. The van der Waals surface area contributed by atoms with Crippen LogP contribution < -0.4 is 5.73 Å². The summed E-state index contributed by atoms with van der Waals surface area (Å²) < 4.78 is 5.26. The first kappa shape index (κ1) is 9.92. The molecule has 2 N–H and O–H groups in total. The molecule has 2 aromatic heterocycles. The minimum absolute atomic E-state index is 0.453. The van der Waals surface area contributed by atoms with Gasteiger partial charge in [0, 0.05) is 12.5 Å². The molecular weight excluding hydrogens is 224 g/mol. The molecule has 2 aromatic rings. The molecule has 1 aliphatic carbocycles. The summed E-state index contributed by atoms with van der Waals surface area (Å²) in [6, 6.07) is 0. The van der Waals surface area contributed by atoms with Gasteiger partial charge in [0.2, 0.25) is 0 Å². The van der Waals surface area contributed by atoms with Crippen molar-refractivity contribution in [3.05, 3.63) is 16.5 Å². The summed E-state index contributed by atoms with van der Waals surface area (Å²) in [6.45, 7) is 2.39. The van der Waals surface area contributed by atoms with Crippen molar-refractivity contribution in [2.75, 3.05) is 0 Å². The molecule has 0 spiro atoms. The van der Waals surface area contributed by atoms with Crippen LogP contribution in [0.4, 0.5) is 0 Å².